The van der Waals surface area contributed by atoms with E-state index in [1.807, 2.05) is 25.1 Å². The summed E-state index contributed by atoms with van der Waals surface area (Å²) in [5.41, 5.74) is 3.06. The molecule has 0 bridgehead atoms. The Balaban J connectivity index is 2.08. The second-order valence-corrected chi connectivity index (χ2v) is 5.74. The van der Waals surface area contributed by atoms with Gasteiger partial charge in [-0.2, -0.15) is 0 Å². The summed E-state index contributed by atoms with van der Waals surface area (Å²) in [6.07, 6.45) is 5.17. The van der Waals surface area contributed by atoms with Gasteiger partial charge in [-0.15, -0.1) is 0 Å². The Bertz CT molecular complexity index is 470. The number of hydrogen-bond acceptors (Lipinski definition) is 2. The maximum absolute atomic E-state index is 11.8. The number of amides is 1. The molecule has 0 aromatic heterocycles. The van der Waals surface area contributed by atoms with Crippen molar-refractivity contribution in [2.24, 2.45) is 5.92 Å². The van der Waals surface area contributed by atoms with E-state index in [4.69, 9.17) is 0 Å². The van der Waals surface area contributed by atoms with Crippen molar-refractivity contribution in [3.05, 3.63) is 29.3 Å². The molecule has 1 aliphatic carbocycles. The minimum absolute atomic E-state index is 0.00875. The highest BCUT2D eigenvalue weighted by molar-refractivity contribution is 5.94. The first-order chi connectivity index (χ1) is 9.65. The van der Waals surface area contributed by atoms with Crippen LogP contribution in [-0.4, -0.2) is 18.5 Å². The lowest BCUT2D eigenvalue weighted by Gasteiger charge is -2.22. The lowest BCUT2D eigenvalue weighted by atomic mass is 9.99. The number of nitrogens with one attached hydrogen (secondary N) is 2. The van der Waals surface area contributed by atoms with E-state index < -0.39 is 0 Å². The van der Waals surface area contributed by atoms with Crippen molar-refractivity contribution >= 4 is 11.6 Å². The predicted octanol–water partition coefficient (Wildman–Crippen LogP) is 3.74. The van der Waals surface area contributed by atoms with Gasteiger partial charge in [-0.05, 0) is 56.4 Å². The normalized spacial score (nSPS) is 21.8. The van der Waals surface area contributed by atoms with Crippen LogP contribution < -0.4 is 10.6 Å². The second-order valence-electron chi connectivity index (χ2n) is 5.74. The molecule has 110 valence electrons. The topological polar surface area (TPSA) is 41.1 Å². The van der Waals surface area contributed by atoms with Gasteiger partial charge in [0.15, 0.2) is 0 Å². The van der Waals surface area contributed by atoms with Crippen molar-refractivity contribution in [2.75, 3.05) is 11.9 Å². The summed E-state index contributed by atoms with van der Waals surface area (Å²) in [4.78, 5) is 11.8. The van der Waals surface area contributed by atoms with E-state index in [2.05, 4.69) is 24.5 Å². The van der Waals surface area contributed by atoms with Gasteiger partial charge < -0.3 is 10.6 Å². The summed E-state index contributed by atoms with van der Waals surface area (Å²) in [5.74, 6) is 0.798. The third-order valence-corrected chi connectivity index (χ3v) is 4.35. The average Bonchev–Trinajstić information content (AvgIpc) is 2.88. The number of carbonyl (C=O) groups excluding carboxylic acids is 1. The zero-order chi connectivity index (χ0) is 14.5. The van der Waals surface area contributed by atoms with Crippen LogP contribution in [-0.2, 0) is 0 Å². The van der Waals surface area contributed by atoms with Crippen LogP contribution in [0.3, 0.4) is 0 Å². The van der Waals surface area contributed by atoms with Gasteiger partial charge >= 0.3 is 0 Å². The van der Waals surface area contributed by atoms with Gasteiger partial charge in [0.25, 0.3) is 5.91 Å². The summed E-state index contributed by atoms with van der Waals surface area (Å²) >= 11 is 0. The highest BCUT2D eigenvalue weighted by Gasteiger charge is 2.25. The van der Waals surface area contributed by atoms with Gasteiger partial charge in [0.05, 0.1) is 0 Å². The van der Waals surface area contributed by atoms with Gasteiger partial charge in [-0.25, -0.2) is 0 Å². The lowest BCUT2D eigenvalue weighted by molar-refractivity contribution is 0.0956. The fraction of sp³-hybridized carbons (Fsp3) is 0.588. The molecule has 2 atom stereocenters. The third-order valence-electron chi connectivity index (χ3n) is 4.35. The smallest absolute Gasteiger partial charge is 0.251 e. The molecule has 0 spiro atoms. The number of hydrogen-bond donors (Lipinski definition) is 2. The number of rotatable bonds is 5. The van der Waals surface area contributed by atoms with Gasteiger partial charge in [0, 0.05) is 23.8 Å². The summed E-state index contributed by atoms with van der Waals surface area (Å²) in [6, 6.07) is 6.53. The molecule has 1 amide bonds. The van der Waals surface area contributed by atoms with Crippen LogP contribution in [0, 0.1) is 12.8 Å². The summed E-state index contributed by atoms with van der Waals surface area (Å²) < 4.78 is 0. The second kappa shape index (κ2) is 6.78. The Labute approximate surface area is 122 Å². The van der Waals surface area contributed by atoms with Crippen LogP contribution in [0.15, 0.2) is 18.2 Å². The summed E-state index contributed by atoms with van der Waals surface area (Å²) in [5, 5.41) is 6.52. The van der Waals surface area contributed by atoms with Gasteiger partial charge in [0.1, 0.15) is 0 Å². The van der Waals surface area contributed by atoms with Crippen molar-refractivity contribution in [1.82, 2.24) is 5.32 Å². The van der Waals surface area contributed by atoms with Crippen LogP contribution in [0.4, 0.5) is 5.69 Å². The molecule has 0 heterocycles. The maximum atomic E-state index is 11.8. The first kappa shape index (κ1) is 14.9. The third kappa shape index (κ3) is 3.33. The summed E-state index contributed by atoms with van der Waals surface area (Å²) in [6.45, 7) is 6.94. The molecule has 1 aromatic carbocycles. The molecule has 1 aliphatic rings. The molecular formula is C17H26N2O. The Morgan fingerprint density at radius 2 is 2.10 bits per heavy atom. The zero-order valence-electron chi connectivity index (χ0n) is 12.8. The Morgan fingerprint density at radius 1 is 1.30 bits per heavy atom. The van der Waals surface area contributed by atoms with Crippen LogP contribution in [0.25, 0.3) is 0 Å². The molecule has 0 saturated heterocycles. The van der Waals surface area contributed by atoms with E-state index in [0.29, 0.717) is 12.6 Å². The highest BCUT2D eigenvalue weighted by Crippen LogP contribution is 2.31. The Morgan fingerprint density at radius 3 is 2.75 bits per heavy atom. The SMILES string of the molecule is CCNC(=O)c1ccc(NC2CCCC2CC)c(C)c1. The molecule has 2 unspecified atom stereocenters. The minimum Gasteiger partial charge on any atom is -0.382 e. The molecule has 1 fully saturated rings. The van der Waals surface area contributed by atoms with E-state index in [-0.39, 0.29) is 5.91 Å². The standard InChI is InChI=1S/C17H26N2O/c1-4-13-7-6-8-16(13)19-15-10-9-14(11-12(15)3)17(20)18-5-2/h9-11,13,16,19H,4-8H2,1-3H3,(H,18,20). The minimum atomic E-state index is 0.00875. The summed E-state index contributed by atoms with van der Waals surface area (Å²) in [7, 11) is 0. The van der Waals surface area contributed by atoms with Gasteiger partial charge in [-0.1, -0.05) is 19.8 Å². The van der Waals surface area contributed by atoms with E-state index in [0.717, 1.165) is 17.0 Å². The van der Waals surface area contributed by atoms with E-state index in [1.54, 1.807) is 0 Å². The van der Waals surface area contributed by atoms with Crippen molar-refractivity contribution in [3.63, 3.8) is 0 Å². The molecule has 0 aliphatic heterocycles. The molecular weight excluding hydrogens is 248 g/mol. The monoisotopic (exact) mass is 274 g/mol. The highest BCUT2D eigenvalue weighted by atomic mass is 16.1. The molecule has 1 saturated carbocycles. The molecule has 2 rings (SSSR count). The fourth-order valence-corrected chi connectivity index (χ4v) is 3.14. The first-order valence-electron chi connectivity index (χ1n) is 7.81. The van der Waals surface area contributed by atoms with Gasteiger partial charge in [-0.3, -0.25) is 4.79 Å². The van der Waals surface area contributed by atoms with Crippen molar-refractivity contribution in [3.8, 4) is 0 Å². The van der Waals surface area contributed by atoms with Crippen LogP contribution in [0.2, 0.25) is 0 Å². The fourth-order valence-electron chi connectivity index (χ4n) is 3.14. The number of anilines is 1. The molecule has 0 radical (unpaired) electrons. The maximum Gasteiger partial charge on any atom is 0.251 e. The molecule has 3 heteroatoms. The number of benzene rings is 1. The number of aryl methyl sites for hydroxylation is 1. The van der Waals surface area contributed by atoms with E-state index >= 15 is 0 Å². The Kier molecular flexibility index (Phi) is 5.05. The lowest BCUT2D eigenvalue weighted by Crippen LogP contribution is -2.25. The number of carbonyl (C=O) groups is 1. The van der Waals surface area contributed by atoms with E-state index in [1.165, 1.54) is 31.4 Å². The largest absolute Gasteiger partial charge is 0.382 e. The average molecular weight is 274 g/mol. The van der Waals surface area contributed by atoms with Crippen molar-refractivity contribution < 1.29 is 4.79 Å². The van der Waals surface area contributed by atoms with E-state index in [9.17, 15) is 4.79 Å². The molecule has 3 nitrogen and oxygen atoms in total. The molecule has 1 aromatic rings. The van der Waals surface area contributed by atoms with Crippen LogP contribution in [0.5, 0.6) is 0 Å². The van der Waals surface area contributed by atoms with Crippen LogP contribution >= 0.6 is 0 Å². The van der Waals surface area contributed by atoms with Crippen molar-refractivity contribution in [2.45, 2.75) is 52.5 Å². The van der Waals surface area contributed by atoms with Crippen molar-refractivity contribution in [1.29, 1.82) is 0 Å². The first-order valence-corrected chi connectivity index (χ1v) is 7.81. The zero-order valence-corrected chi connectivity index (χ0v) is 12.8. The quantitative estimate of drug-likeness (QED) is 0.859. The molecule has 20 heavy (non-hydrogen) atoms. The Hall–Kier alpha value is -1.51. The molecule has 2 N–H and O–H groups in total. The predicted molar refractivity (Wildman–Crippen MR) is 84.2 cm³/mol. The van der Waals surface area contributed by atoms with Gasteiger partial charge in [0.2, 0.25) is 0 Å². The van der Waals surface area contributed by atoms with Crippen LogP contribution in [0.1, 0.15) is 55.5 Å².